The number of hydrogen-bond donors (Lipinski definition) is 1. The van der Waals surface area contributed by atoms with Crippen molar-refractivity contribution < 1.29 is 19.2 Å². The Morgan fingerprint density at radius 3 is 2.62 bits per heavy atom. The maximum atomic E-state index is 11.9. The Labute approximate surface area is 145 Å². The first-order valence-electron chi connectivity index (χ1n) is 6.84. The molecule has 24 heavy (non-hydrogen) atoms. The van der Waals surface area contributed by atoms with Crippen molar-refractivity contribution in [1.82, 2.24) is 0 Å². The van der Waals surface area contributed by atoms with Gasteiger partial charge in [-0.1, -0.05) is 22.0 Å². The van der Waals surface area contributed by atoms with E-state index in [1.165, 1.54) is 25.1 Å². The molecule has 1 amide bonds. The fourth-order valence-corrected chi connectivity index (χ4v) is 2.36. The topological polar surface area (TPSA) is 98.5 Å². The van der Waals surface area contributed by atoms with Gasteiger partial charge in [-0.25, -0.2) is 4.79 Å². The van der Waals surface area contributed by atoms with Crippen molar-refractivity contribution >= 4 is 39.2 Å². The predicted octanol–water partition coefficient (Wildman–Crippen LogP) is 3.46. The van der Waals surface area contributed by atoms with Crippen LogP contribution in [0.3, 0.4) is 0 Å². The molecule has 0 spiro atoms. The fourth-order valence-electron chi connectivity index (χ4n) is 1.97. The Morgan fingerprint density at radius 2 is 2.00 bits per heavy atom. The van der Waals surface area contributed by atoms with E-state index >= 15 is 0 Å². The highest BCUT2D eigenvalue weighted by atomic mass is 79.9. The summed E-state index contributed by atoms with van der Waals surface area (Å²) in [6.45, 7) is 1.07. The van der Waals surface area contributed by atoms with Gasteiger partial charge in [0.2, 0.25) is 0 Å². The van der Waals surface area contributed by atoms with Crippen LogP contribution in [0.1, 0.15) is 15.9 Å². The summed E-state index contributed by atoms with van der Waals surface area (Å²) >= 11 is 3.28. The second-order valence-electron chi connectivity index (χ2n) is 4.89. The third-order valence-electron chi connectivity index (χ3n) is 3.07. The van der Waals surface area contributed by atoms with Gasteiger partial charge in [-0.15, -0.1) is 0 Å². The van der Waals surface area contributed by atoms with Crippen molar-refractivity contribution in [2.75, 3.05) is 11.9 Å². The molecule has 0 heterocycles. The van der Waals surface area contributed by atoms with Crippen molar-refractivity contribution in [3.63, 3.8) is 0 Å². The molecule has 124 valence electrons. The first-order valence-corrected chi connectivity index (χ1v) is 7.63. The molecule has 0 unspecified atom stereocenters. The van der Waals surface area contributed by atoms with Crippen molar-refractivity contribution in [3.05, 3.63) is 68.2 Å². The van der Waals surface area contributed by atoms with Crippen LogP contribution in [-0.2, 0) is 9.53 Å². The van der Waals surface area contributed by atoms with Crippen LogP contribution in [-0.4, -0.2) is 23.4 Å². The second kappa shape index (κ2) is 7.69. The highest BCUT2D eigenvalue weighted by Crippen LogP contribution is 2.19. The van der Waals surface area contributed by atoms with Gasteiger partial charge >= 0.3 is 5.97 Å². The molecule has 0 saturated carbocycles. The monoisotopic (exact) mass is 392 g/mol. The second-order valence-corrected chi connectivity index (χ2v) is 5.81. The zero-order valence-corrected chi connectivity index (χ0v) is 14.2. The Kier molecular flexibility index (Phi) is 5.64. The molecule has 0 saturated heterocycles. The number of nitro groups is 1. The van der Waals surface area contributed by atoms with E-state index in [1.807, 2.05) is 6.07 Å². The number of benzene rings is 2. The van der Waals surface area contributed by atoms with Gasteiger partial charge in [0, 0.05) is 21.8 Å². The van der Waals surface area contributed by atoms with Crippen LogP contribution in [0.4, 0.5) is 11.4 Å². The molecule has 8 heteroatoms. The molecule has 1 N–H and O–H groups in total. The minimum absolute atomic E-state index is 0.0843. The highest BCUT2D eigenvalue weighted by molar-refractivity contribution is 9.10. The molecule has 0 aromatic heterocycles. The van der Waals surface area contributed by atoms with Gasteiger partial charge in [-0.2, -0.15) is 0 Å². The summed E-state index contributed by atoms with van der Waals surface area (Å²) < 4.78 is 5.72. The molecule has 0 atom stereocenters. The van der Waals surface area contributed by atoms with Crippen molar-refractivity contribution in [1.29, 1.82) is 0 Å². The molecule has 7 nitrogen and oxygen atoms in total. The molecule has 2 rings (SSSR count). The number of aryl methyl sites for hydroxylation is 1. The van der Waals surface area contributed by atoms with Gasteiger partial charge in [0.15, 0.2) is 6.61 Å². The fraction of sp³-hybridized carbons (Fsp3) is 0.125. The quantitative estimate of drug-likeness (QED) is 0.477. The third-order valence-corrected chi connectivity index (χ3v) is 3.57. The van der Waals surface area contributed by atoms with E-state index in [0.29, 0.717) is 11.3 Å². The first kappa shape index (κ1) is 17.6. The van der Waals surface area contributed by atoms with E-state index in [9.17, 15) is 19.7 Å². The van der Waals surface area contributed by atoms with Crippen molar-refractivity contribution in [3.8, 4) is 0 Å². The summed E-state index contributed by atoms with van der Waals surface area (Å²) in [4.78, 5) is 33.9. The first-order chi connectivity index (χ1) is 11.4. The minimum Gasteiger partial charge on any atom is -0.452 e. The maximum absolute atomic E-state index is 11.9. The Hall–Kier alpha value is -2.74. The molecular weight excluding hydrogens is 380 g/mol. The number of rotatable bonds is 5. The summed E-state index contributed by atoms with van der Waals surface area (Å²) in [6, 6.07) is 10.8. The number of halogens is 1. The number of nitrogens with zero attached hydrogens (tertiary/aromatic N) is 1. The third kappa shape index (κ3) is 4.63. The minimum atomic E-state index is -0.725. The van der Waals surface area contributed by atoms with Crippen LogP contribution in [0.15, 0.2) is 46.9 Å². The number of nitro benzene ring substituents is 1. The van der Waals surface area contributed by atoms with E-state index in [0.717, 1.165) is 4.47 Å². The van der Waals surface area contributed by atoms with Crippen LogP contribution in [0.5, 0.6) is 0 Å². The normalized spacial score (nSPS) is 10.1. The standard InChI is InChI=1S/C16H13BrN2O5/c1-10-7-11(5-6-14(10)19(22)23)16(21)24-9-15(20)18-13-4-2-3-12(17)8-13/h2-8H,9H2,1H3,(H,18,20). The SMILES string of the molecule is Cc1cc(C(=O)OCC(=O)Nc2cccc(Br)c2)ccc1[N+](=O)[O-]. The molecular formula is C16H13BrN2O5. The van der Waals surface area contributed by atoms with E-state index in [1.54, 1.807) is 18.2 Å². The van der Waals surface area contributed by atoms with E-state index in [2.05, 4.69) is 21.2 Å². The number of ether oxygens (including phenoxy) is 1. The highest BCUT2D eigenvalue weighted by Gasteiger charge is 2.15. The van der Waals surface area contributed by atoms with Crippen LogP contribution in [0.25, 0.3) is 0 Å². The van der Waals surface area contributed by atoms with E-state index in [-0.39, 0.29) is 11.3 Å². The summed E-state index contributed by atoms with van der Waals surface area (Å²) in [5.74, 6) is -1.21. The van der Waals surface area contributed by atoms with Crippen LogP contribution >= 0.6 is 15.9 Å². The average Bonchev–Trinajstić information content (AvgIpc) is 2.52. The molecule has 0 aliphatic carbocycles. The zero-order chi connectivity index (χ0) is 17.7. The lowest BCUT2D eigenvalue weighted by atomic mass is 10.1. The molecule has 0 bridgehead atoms. The molecule has 0 fully saturated rings. The number of amides is 1. The number of hydrogen-bond acceptors (Lipinski definition) is 5. The Morgan fingerprint density at radius 1 is 1.25 bits per heavy atom. The van der Waals surface area contributed by atoms with E-state index < -0.39 is 23.4 Å². The smallest absolute Gasteiger partial charge is 0.338 e. The Bertz CT molecular complexity index is 807. The summed E-state index contributed by atoms with van der Waals surface area (Å²) in [6.07, 6.45) is 0. The number of carbonyl (C=O) groups is 2. The molecule has 0 aliphatic rings. The molecule has 2 aromatic rings. The predicted molar refractivity (Wildman–Crippen MR) is 90.9 cm³/mol. The van der Waals surface area contributed by atoms with E-state index in [4.69, 9.17) is 4.74 Å². The lowest BCUT2D eigenvalue weighted by Gasteiger charge is -2.07. The van der Waals surface area contributed by atoms with Gasteiger partial charge < -0.3 is 10.1 Å². The van der Waals surface area contributed by atoms with Crippen LogP contribution in [0, 0.1) is 17.0 Å². The lowest BCUT2D eigenvalue weighted by molar-refractivity contribution is -0.385. The zero-order valence-electron chi connectivity index (χ0n) is 12.6. The lowest BCUT2D eigenvalue weighted by Crippen LogP contribution is -2.21. The number of carbonyl (C=O) groups excluding carboxylic acids is 2. The summed E-state index contributed by atoms with van der Waals surface area (Å²) in [5, 5.41) is 13.3. The van der Waals surface area contributed by atoms with Gasteiger partial charge in [-0.3, -0.25) is 14.9 Å². The van der Waals surface area contributed by atoms with Crippen LogP contribution in [0.2, 0.25) is 0 Å². The maximum Gasteiger partial charge on any atom is 0.338 e. The van der Waals surface area contributed by atoms with Gasteiger partial charge in [0.25, 0.3) is 11.6 Å². The number of nitrogens with one attached hydrogen (secondary N) is 1. The molecule has 0 aliphatic heterocycles. The molecule has 0 radical (unpaired) electrons. The summed E-state index contributed by atoms with van der Waals surface area (Å²) in [7, 11) is 0. The largest absolute Gasteiger partial charge is 0.452 e. The van der Waals surface area contributed by atoms with Gasteiger partial charge in [-0.05, 0) is 37.3 Å². The van der Waals surface area contributed by atoms with Crippen molar-refractivity contribution in [2.24, 2.45) is 0 Å². The average molecular weight is 393 g/mol. The van der Waals surface area contributed by atoms with Gasteiger partial charge in [0.05, 0.1) is 10.5 Å². The van der Waals surface area contributed by atoms with Gasteiger partial charge in [0.1, 0.15) is 0 Å². The van der Waals surface area contributed by atoms with Crippen molar-refractivity contribution in [2.45, 2.75) is 6.92 Å². The number of esters is 1. The Balaban J connectivity index is 1.94. The number of anilines is 1. The molecule has 2 aromatic carbocycles. The summed E-state index contributed by atoms with van der Waals surface area (Å²) in [5.41, 5.74) is 0.969. The van der Waals surface area contributed by atoms with Crippen LogP contribution < -0.4 is 5.32 Å².